The van der Waals surface area contributed by atoms with E-state index in [1.165, 1.54) is 18.2 Å². The van der Waals surface area contributed by atoms with E-state index in [1.807, 2.05) is 0 Å². The quantitative estimate of drug-likeness (QED) is 0.739. The second-order valence-corrected chi connectivity index (χ2v) is 7.39. The van der Waals surface area contributed by atoms with Gasteiger partial charge in [0.1, 0.15) is 5.69 Å². The van der Waals surface area contributed by atoms with E-state index >= 15 is 0 Å². The van der Waals surface area contributed by atoms with Crippen molar-refractivity contribution >= 4 is 17.8 Å². The molecule has 0 unspecified atom stereocenters. The molecule has 1 fully saturated rings. The normalized spacial score (nSPS) is 13.7. The molecule has 0 radical (unpaired) electrons. The monoisotopic (exact) mass is 404 g/mol. The molecule has 1 aliphatic rings. The largest absolute Gasteiger partial charge is 0.455 e. The lowest BCUT2D eigenvalue weighted by Crippen LogP contribution is -2.25. The predicted octanol–water partition coefficient (Wildman–Crippen LogP) is 3.29. The summed E-state index contributed by atoms with van der Waals surface area (Å²) >= 11 is 0. The maximum atomic E-state index is 13.8. The van der Waals surface area contributed by atoms with Crippen molar-refractivity contribution in [2.75, 3.05) is 5.32 Å². The summed E-state index contributed by atoms with van der Waals surface area (Å²) in [6.45, 7) is 4.07. The topological polar surface area (TPSA) is 93.2 Å². The van der Waals surface area contributed by atoms with Crippen LogP contribution in [-0.2, 0) is 11.3 Å². The number of ether oxygens (including phenoxy) is 1. The average Bonchev–Trinajstić information content (AvgIpc) is 3.45. The van der Waals surface area contributed by atoms with E-state index < -0.39 is 17.6 Å². The molecule has 0 atom stereocenters. The van der Waals surface area contributed by atoms with Gasteiger partial charge in [-0.3, -0.25) is 14.9 Å². The summed E-state index contributed by atoms with van der Waals surface area (Å²) in [6, 6.07) is 5.42. The Bertz CT molecular complexity index is 940. The molecule has 2 amide bonds. The van der Waals surface area contributed by atoms with Gasteiger partial charge in [-0.25, -0.2) is 14.4 Å². The number of benzene rings is 1. The van der Waals surface area contributed by atoms with Gasteiger partial charge in [-0.1, -0.05) is 6.07 Å². The van der Waals surface area contributed by atoms with Crippen LogP contribution in [0, 0.1) is 18.7 Å². The highest BCUT2D eigenvalue weighted by molar-refractivity contribution is 5.95. The third-order valence-electron chi connectivity index (χ3n) is 4.07. The number of aromatic nitrogens is 2. The Balaban J connectivity index is 1.67. The molecule has 2 aromatic rings. The maximum Gasteiger partial charge on any atom is 0.270 e. The number of halogens is 2. The zero-order valence-electron chi connectivity index (χ0n) is 16.4. The number of carbonyl (C=O) groups is 2. The van der Waals surface area contributed by atoms with Crippen LogP contribution >= 0.6 is 0 Å². The fourth-order valence-electron chi connectivity index (χ4n) is 2.57. The average molecular weight is 404 g/mol. The standard InChI is InChI=1S/C20H22F2N4O3/c1-11-8-15(25-19(24-11)26-17(27)13-5-6-13)18(28)23-10-12-4-7-14(21)16(9-12)29-20(2,3)22/h4,7-9,13H,5-6,10H2,1-3H3,(H,23,28)(H,24,25,26,27). The molecule has 1 saturated carbocycles. The second-order valence-electron chi connectivity index (χ2n) is 7.39. The van der Waals surface area contributed by atoms with Crippen molar-refractivity contribution in [3.63, 3.8) is 0 Å². The lowest BCUT2D eigenvalue weighted by Gasteiger charge is -2.18. The van der Waals surface area contributed by atoms with Gasteiger partial charge < -0.3 is 10.1 Å². The summed E-state index contributed by atoms with van der Waals surface area (Å²) in [5, 5.41) is 5.27. The Kier molecular flexibility index (Phi) is 5.76. The van der Waals surface area contributed by atoms with Crippen LogP contribution < -0.4 is 15.4 Å². The van der Waals surface area contributed by atoms with Crippen LogP contribution in [0.4, 0.5) is 14.7 Å². The summed E-state index contributed by atoms with van der Waals surface area (Å²) in [4.78, 5) is 32.5. The van der Waals surface area contributed by atoms with E-state index in [0.29, 0.717) is 11.3 Å². The minimum atomic E-state index is -2.04. The Morgan fingerprint density at radius 1 is 1.24 bits per heavy atom. The third-order valence-corrected chi connectivity index (χ3v) is 4.07. The van der Waals surface area contributed by atoms with Crippen molar-refractivity contribution in [1.82, 2.24) is 15.3 Å². The first-order valence-corrected chi connectivity index (χ1v) is 9.22. The molecule has 7 nitrogen and oxygen atoms in total. The first kappa shape index (κ1) is 20.6. The number of rotatable bonds is 7. The van der Waals surface area contributed by atoms with Gasteiger partial charge in [0.25, 0.3) is 5.91 Å². The van der Waals surface area contributed by atoms with Gasteiger partial charge in [0.15, 0.2) is 11.6 Å². The van der Waals surface area contributed by atoms with Gasteiger partial charge in [-0.15, -0.1) is 0 Å². The Morgan fingerprint density at radius 2 is 1.97 bits per heavy atom. The minimum absolute atomic E-state index is 0.0134. The number of aryl methyl sites for hydroxylation is 1. The van der Waals surface area contributed by atoms with Gasteiger partial charge in [0.2, 0.25) is 17.7 Å². The highest BCUT2D eigenvalue weighted by Crippen LogP contribution is 2.29. The minimum Gasteiger partial charge on any atom is -0.455 e. The van der Waals surface area contributed by atoms with Crippen LogP contribution in [0.5, 0.6) is 5.75 Å². The number of carbonyl (C=O) groups excluding carboxylic acids is 2. The van der Waals surface area contributed by atoms with Crippen molar-refractivity contribution in [2.24, 2.45) is 5.92 Å². The number of nitrogens with one attached hydrogen (secondary N) is 2. The molecular weight excluding hydrogens is 382 g/mol. The Morgan fingerprint density at radius 3 is 2.62 bits per heavy atom. The van der Waals surface area contributed by atoms with Gasteiger partial charge in [0, 0.05) is 32.0 Å². The number of hydrogen-bond donors (Lipinski definition) is 2. The van der Waals surface area contributed by atoms with E-state index in [2.05, 4.69) is 20.6 Å². The van der Waals surface area contributed by atoms with E-state index in [-0.39, 0.29) is 35.8 Å². The van der Waals surface area contributed by atoms with E-state index in [9.17, 15) is 18.4 Å². The molecule has 1 aromatic carbocycles. The lowest BCUT2D eigenvalue weighted by atomic mass is 10.2. The highest BCUT2D eigenvalue weighted by atomic mass is 19.2. The van der Waals surface area contributed by atoms with Crippen LogP contribution in [-0.4, -0.2) is 27.6 Å². The van der Waals surface area contributed by atoms with Crippen LogP contribution in [0.3, 0.4) is 0 Å². The number of alkyl halides is 1. The summed E-state index contributed by atoms with van der Waals surface area (Å²) in [7, 11) is 0. The maximum absolute atomic E-state index is 13.8. The van der Waals surface area contributed by atoms with E-state index in [0.717, 1.165) is 32.8 Å². The molecular formula is C20H22F2N4O3. The predicted molar refractivity (Wildman–Crippen MR) is 102 cm³/mol. The van der Waals surface area contributed by atoms with Gasteiger partial charge in [-0.05, 0) is 43.5 Å². The molecule has 154 valence electrons. The molecule has 0 bridgehead atoms. The Hall–Kier alpha value is -3.10. The Labute approximate surface area is 166 Å². The highest BCUT2D eigenvalue weighted by Gasteiger charge is 2.30. The second kappa shape index (κ2) is 8.10. The van der Waals surface area contributed by atoms with Crippen molar-refractivity contribution in [1.29, 1.82) is 0 Å². The fourth-order valence-corrected chi connectivity index (χ4v) is 2.57. The molecule has 0 saturated heterocycles. The van der Waals surface area contributed by atoms with Crippen LogP contribution in [0.25, 0.3) is 0 Å². The number of anilines is 1. The van der Waals surface area contributed by atoms with Crippen molar-refractivity contribution in [2.45, 2.75) is 46.0 Å². The molecule has 1 heterocycles. The molecule has 3 rings (SSSR count). The number of hydrogen-bond acceptors (Lipinski definition) is 5. The smallest absolute Gasteiger partial charge is 0.270 e. The number of amides is 2. The van der Waals surface area contributed by atoms with Crippen LogP contribution in [0.1, 0.15) is 48.4 Å². The zero-order valence-corrected chi connectivity index (χ0v) is 16.4. The van der Waals surface area contributed by atoms with Gasteiger partial charge in [-0.2, -0.15) is 4.39 Å². The van der Waals surface area contributed by atoms with Crippen molar-refractivity contribution in [3.8, 4) is 5.75 Å². The lowest BCUT2D eigenvalue weighted by molar-refractivity contribution is -0.117. The summed E-state index contributed by atoms with van der Waals surface area (Å²) < 4.78 is 32.4. The summed E-state index contributed by atoms with van der Waals surface area (Å²) in [6.07, 6.45) is 1.68. The molecule has 1 aromatic heterocycles. The van der Waals surface area contributed by atoms with E-state index in [4.69, 9.17) is 4.74 Å². The van der Waals surface area contributed by atoms with Crippen LogP contribution in [0.15, 0.2) is 24.3 Å². The molecule has 1 aliphatic carbocycles. The summed E-state index contributed by atoms with van der Waals surface area (Å²) in [5.74, 6) is -3.56. The fraction of sp³-hybridized carbons (Fsp3) is 0.400. The van der Waals surface area contributed by atoms with Gasteiger partial charge >= 0.3 is 0 Å². The molecule has 0 aliphatic heterocycles. The molecule has 0 spiro atoms. The molecule has 9 heteroatoms. The molecule has 29 heavy (non-hydrogen) atoms. The van der Waals surface area contributed by atoms with Crippen LogP contribution in [0.2, 0.25) is 0 Å². The first-order chi connectivity index (χ1) is 13.6. The third kappa shape index (κ3) is 5.94. The zero-order chi connectivity index (χ0) is 21.2. The van der Waals surface area contributed by atoms with E-state index in [1.54, 1.807) is 6.92 Å². The van der Waals surface area contributed by atoms with Gasteiger partial charge in [0.05, 0.1) is 0 Å². The summed E-state index contributed by atoms with van der Waals surface area (Å²) in [5.41, 5.74) is 1.14. The number of nitrogens with zero attached hydrogens (tertiary/aromatic N) is 2. The SMILES string of the molecule is Cc1cc(C(=O)NCc2ccc(F)c(OC(C)(C)F)c2)nc(NC(=O)C2CC2)n1. The molecule has 2 N–H and O–H groups in total. The van der Waals surface area contributed by atoms with Crippen molar-refractivity contribution < 1.29 is 23.1 Å². The first-order valence-electron chi connectivity index (χ1n) is 9.22. The van der Waals surface area contributed by atoms with Crippen molar-refractivity contribution in [3.05, 3.63) is 47.0 Å².